The molecule has 2 heterocycles. The minimum Gasteiger partial charge on any atom is -0.507 e. The molecule has 1 aliphatic rings. The first-order chi connectivity index (χ1) is 17.4. The number of Topliss-reactive ketones (excluding diaryl/α,β-unsaturated/α-hetero) is 1. The van der Waals surface area contributed by atoms with Crippen LogP contribution in [0, 0.1) is 0 Å². The molecule has 1 saturated heterocycles. The maximum absolute atomic E-state index is 13.4. The van der Waals surface area contributed by atoms with Crippen molar-refractivity contribution in [3.05, 3.63) is 93.5 Å². The lowest BCUT2D eigenvalue weighted by atomic mass is 9.95. The number of carbonyl (C=O) groups is 2. The van der Waals surface area contributed by atoms with Crippen molar-refractivity contribution in [1.29, 1.82) is 0 Å². The number of fused-ring (bicyclic) bond motifs is 1. The van der Waals surface area contributed by atoms with Crippen molar-refractivity contribution < 1.29 is 19.4 Å². The second-order valence-corrected chi connectivity index (χ2v) is 10.3. The second-order valence-electron chi connectivity index (χ2n) is 8.33. The van der Waals surface area contributed by atoms with Gasteiger partial charge in [-0.25, -0.2) is 4.98 Å². The molecule has 8 heteroatoms. The van der Waals surface area contributed by atoms with Gasteiger partial charge in [0, 0.05) is 10.0 Å². The van der Waals surface area contributed by atoms with E-state index in [0.29, 0.717) is 28.6 Å². The van der Waals surface area contributed by atoms with Crippen molar-refractivity contribution in [2.75, 3.05) is 11.5 Å². The van der Waals surface area contributed by atoms with Gasteiger partial charge in [0.2, 0.25) is 0 Å². The third-order valence-electron chi connectivity index (χ3n) is 6.12. The van der Waals surface area contributed by atoms with Crippen LogP contribution in [0.1, 0.15) is 36.6 Å². The maximum atomic E-state index is 13.4. The fourth-order valence-corrected chi connectivity index (χ4v) is 5.62. The topological polar surface area (TPSA) is 79.7 Å². The average Bonchev–Trinajstić information content (AvgIpc) is 3.42. The Morgan fingerprint density at radius 3 is 2.44 bits per heavy atom. The summed E-state index contributed by atoms with van der Waals surface area (Å²) in [5.41, 5.74) is 3.07. The minimum absolute atomic E-state index is 0.0278. The van der Waals surface area contributed by atoms with Crippen molar-refractivity contribution in [2.24, 2.45) is 0 Å². The number of thiazole rings is 1. The lowest BCUT2D eigenvalue weighted by Gasteiger charge is -2.23. The molecule has 3 aromatic carbocycles. The first-order valence-electron chi connectivity index (χ1n) is 11.6. The number of aromatic nitrogens is 1. The zero-order valence-electron chi connectivity index (χ0n) is 19.7. The van der Waals surface area contributed by atoms with E-state index in [1.807, 2.05) is 43.3 Å². The van der Waals surface area contributed by atoms with Gasteiger partial charge >= 0.3 is 5.91 Å². The second kappa shape index (κ2) is 9.87. The summed E-state index contributed by atoms with van der Waals surface area (Å²) >= 11 is 4.80. The molecule has 5 rings (SSSR count). The molecule has 1 amide bonds. The summed E-state index contributed by atoms with van der Waals surface area (Å²) in [4.78, 5) is 32.9. The monoisotopic (exact) mass is 562 g/mol. The molecule has 182 valence electrons. The fourth-order valence-electron chi connectivity index (χ4n) is 4.30. The van der Waals surface area contributed by atoms with Crippen molar-refractivity contribution in [3.8, 4) is 5.75 Å². The Hall–Kier alpha value is -3.49. The van der Waals surface area contributed by atoms with Gasteiger partial charge in [-0.1, -0.05) is 52.4 Å². The van der Waals surface area contributed by atoms with E-state index in [4.69, 9.17) is 4.74 Å². The van der Waals surface area contributed by atoms with Gasteiger partial charge in [-0.05, 0) is 73.0 Å². The first-order valence-corrected chi connectivity index (χ1v) is 13.2. The van der Waals surface area contributed by atoms with Crippen molar-refractivity contribution in [1.82, 2.24) is 4.98 Å². The molecule has 0 radical (unpaired) electrons. The number of benzene rings is 3. The summed E-state index contributed by atoms with van der Waals surface area (Å²) in [6.45, 7) is 4.48. The number of aliphatic hydroxyl groups excluding tert-OH is 1. The molecule has 1 fully saturated rings. The van der Waals surface area contributed by atoms with Crippen LogP contribution in [0.2, 0.25) is 0 Å². The van der Waals surface area contributed by atoms with Crippen molar-refractivity contribution in [2.45, 2.75) is 26.3 Å². The lowest BCUT2D eigenvalue weighted by molar-refractivity contribution is -0.132. The molecule has 36 heavy (non-hydrogen) atoms. The highest BCUT2D eigenvalue weighted by atomic mass is 79.9. The van der Waals surface area contributed by atoms with E-state index in [2.05, 4.69) is 33.9 Å². The third kappa shape index (κ3) is 4.31. The normalized spacial score (nSPS) is 17.2. The number of ketones is 1. The van der Waals surface area contributed by atoms with Gasteiger partial charge in [0.25, 0.3) is 5.78 Å². The Morgan fingerprint density at radius 2 is 1.78 bits per heavy atom. The van der Waals surface area contributed by atoms with E-state index >= 15 is 0 Å². The molecular weight excluding hydrogens is 540 g/mol. The third-order valence-corrected chi connectivity index (χ3v) is 7.67. The van der Waals surface area contributed by atoms with Crippen LogP contribution in [0.3, 0.4) is 0 Å². The fraction of sp³-hybridized carbons (Fsp3) is 0.179. The van der Waals surface area contributed by atoms with E-state index in [1.54, 1.807) is 24.3 Å². The molecule has 0 bridgehead atoms. The van der Waals surface area contributed by atoms with Crippen LogP contribution >= 0.6 is 27.3 Å². The number of ether oxygens (including phenoxy) is 1. The largest absolute Gasteiger partial charge is 0.507 e. The molecule has 0 unspecified atom stereocenters. The van der Waals surface area contributed by atoms with E-state index in [0.717, 1.165) is 21.1 Å². The maximum Gasteiger partial charge on any atom is 0.301 e. The van der Waals surface area contributed by atoms with Gasteiger partial charge in [0.15, 0.2) is 5.13 Å². The number of carbonyl (C=O) groups excluding carboxylic acids is 2. The SMILES string of the molecule is CCOc1ccc(C(O)=C2C(=O)C(=O)N(c3nc4ccc(CC)cc4s3)[C@H]2c2ccc(Br)cc2)cc1. The molecule has 1 aliphatic heterocycles. The van der Waals surface area contributed by atoms with Crippen LogP contribution in [0.5, 0.6) is 5.75 Å². The molecular formula is C28H23BrN2O4S. The van der Waals surface area contributed by atoms with Gasteiger partial charge in [-0.15, -0.1) is 0 Å². The molecule has 0 aliphatic carbocycles. The number of anilines is 1. The van der Waals surface area contributed by atoms with Gasteiger partial charge in [0.1, 0.15) is 11.5 Å². The first kappa shape index (κ1) is 24.2. The zero-order chi connectivity index (χ0) is 25.4. The summed E-state index contributed by atoms with van der Waals surface area (Å²) in [5, 5.41) is 11.7. The van der Waals surface area contributed by atoms with Crippen LogP contribution in [0.25, 0.3) is 16.0 Å². The Morgan fingerprint density at radius 1 is 1.06 bits per heavy atom. The summed E-state index contributed by atoms with van der Waals surface area (Å²) in [6.07, 6.45) is 0.884. The Balaban J connectivity index is 1.67. The van der Waals surface area contributed by atoms with Gasteiger partial charge in [-0.2, -0.15) is 0 Å². The van der Waals surface area contributed by atoms with Gasteiger partial charge in [-0.3, -0.25) is 14.5 Å². The Kier molecular flexibility index (Phi) is 6.64. The van der Waals surface area contributed by atoms with Crippen LogP contribution in [-0.2, 0) is 16.0 Å². The summed E-state index contributed by atoms with van der Waals surface area (Å²) < 4.78 is 7.29. The number of halogens is 1. The van der Waals surface area contributed by atoms with E-state index < -0.39 is 17.7 Å². The number of nitrogens with zero attached hydrogens (tertiary/aromatic N) is 2. The van der Waals surface area contributed by atoms with Crippen LogP contribution in [0.4, 0.5) is 5.13 Å². The standard InChI is InChI=1S/C28H23BrN2O4S/c1-3-16-5-14-21-22(15-16)36-28(30-21)31-24(17-6-10-19(29)11-7-17)23(26(33)27(31)34)25(32)18-8-12-20(13-9-18)35-4-2/h5-15,24,32H,3-4H2,1-2H3/t24-/m0/s1. The molecule has 1 aromatic heterocycles. The van der Waals surface area contributed by atoms with E-state index in [1.165, 1.54) is 21.8 Å². The number of hydrogen-bond donors (Lipinski definition) is 1. The Labute approximate surface area is 221 Å². The van der Waals surface area contributed by atoms with Gasteiger partial charge in [0.05, 0.1) is 28.4 Å². The summed E-state index contributed by atoms with van der Waals surface area (Å²) in [7, 11) is 0. The van der Waals surface area contributed by atoms with Crippen molar-refractivity contribution in [3.63, 3.8) is 0 Å². The highest BCUT2D eigenvalue weighted by Gasteiger charge is 2.48. The number of amides is 1. The lowest BCUT2D eigenvalue weighted by Crippen LogP contribution is -2.29. The number of rotatable bonds is 6. The predicted molar refractivity (Wildman–Crippen MR) is 146 cm³/mol. The smallest absolute Gasteiger partial charge is 0.301 e. The van der Waals surface area contributed by atoms with E-state index in [-0.39, 0.29) is 11.3 Å². The quantitative estimate of drug-likeness (QED) is 0.162. The van der Waals surface area contributed by atoms with Crippen LogP contribution < -0.4 is 9.64 Å². The summed E-state index contributed by atoms with van der Waals surface area (Å²) in [5.74, 6) is -1.05. The molecule has 6 nitrogen and oxygen atoms in total. The molecule has 0 spiro atoms. The number of aliphatic hydroxyl groups is 1. The number of aryl methyl sites for hydroxylation is 1. The zero-order valence-corrected chi connectivity index (χ0v) is 22.1. The Bertz CT molecular complexity index is 1490. The minimum atomic E-state index is -0.823. The molecule has 0 saturated carbocycles. The van der Waals surface area contributed by atoms with Crippen molar-refractivity contribution >= 4 is 60.1 Å². The average molecular weight is 563 g/mol. The number of hydrogen-bond acceptors (Lipinski definition) is 6. The van der Waals surface area contributed by atoms with Crippen LogP contribution in [0.15, 0.2) is 76.8 Å². The predicted octanol–water partition coefficient (Wildman–Crippen LogP) is 6.65. The highest BCUT2D eigenvalue weighted by molar-refractivity contribution is 9.10. The van der Waals surface area contributed by atoms with Crippen LogP contribution in [-0.4, -0.2) is 28.4 Å². The molecule has 1 N–H and O–H groups in total. The van der Waals surface area contributed by atoms with E-state index in [9.17, 15) is 14.7 Å². The molecule has 1 atom stereocenters. The summed E-state index contributed by atoms with van der Waals surface area (Å²) in [6, 6.07) is 19.3. The highest BCUT2D eigenvalue weighted by Crippen LogP contribution is 2.44. The van der Waals surface area contributed by atoms with Gasteiger partial charge < -0.3 is 9.84 Å². The molecule has 4 aromatic rings.